The van der Waals surface area contributed by atoms with Crippen molar-refractivity contribution >= 4 is 11.6 Å². The Morgan fingerprint density at radius 3 is 2.21 bits per heavy atom. The molecule has 0 aliphatic rings. The summed E-state index contributed by atoms with van der Waals surface area (Å²) in [5.74, 6) is -1.40. The third kappa shape index (κ3) is 5.49. The number of halogens is 6. The largest absolute Gasteiger partial charge is 0.467 e. The van der Waals surface area contributed by atoms with Crippen LogP contribution in [-0.2, 0) is 11.6 Å². The fourth-order valence-corrected chi connectivity index (χ4v) is 2.27. The van der Waals surface area contributed by atoms with E-state index < -0.39 is 30.4 Å². The molecule has 0 N–H and O–H groups in total. The van der Waals surface area contributed by atoms with Gasteiger partial charge in [-0.15, -0.1) is 0 Å². The fourth-order valence-electron chi connectivity index (χ4n) is 2.27. The van der Waals surface area contributed by atoms with Gasteiger partial charge in [0.05, 0.1) is 0 Å². The smallest absolute Gasteiger partial charge is 0.423 e. The Hall–Kier alpha value is -2.52. The Balaban J connectivity index is 2.43. The zero-order valence-electron chi connectivity index (χ0n) is 15.6. The molecule has 28 heavy (non-hydrogen) atoms. The predicted octanol–water partition coefficient (Wildman–Crippen LogP) is 5.50. The van der Waals surface area contributed by atoms with Crippen LogP contribution in [0.3, 0.4) is 0 Å². The Bertz CT molecular complexity index is 827. The van der Waals surface area contributed by atoms with Gasteiger partial charge in [0.1, 0.15) is 5.56 Å². The van der Waals surface area contributed by atoms with Crippen LogP contribution in [0, 0.1) is 0 Å². The van der Waals surface area contributed by atoms with E-state index in [1.165, 1.54) is 11.9 Å². The lowest BCUT2D eigenvalue weighted by Gasteiger charge is -2.23. The Morgan fingerprint density at radius 1 is 1.04 bits per heavy atom. The highest BCUT2D eigenvalue weighted by atomic mass is 19.4. The molecule has 0 saturated heterocycles. The standard InChI is InChI=1S/C18H19F6N3O/c1-16(2,3)11-6-5-7-12(8-11)27(4)15-25-9-13(18(22,23)24)14(26-15)28-10-17(19,20)21/h5-9H,10H2,1-4H3. The number of hydrogen-bond donors (Lipinski definition) is 0. The van der Waals surface area contributed by atoms with Crippen molar-refractivity contribution in [2.24, 2.45) is 0 Å². The number of alkyl halides is 6. The zero-order chi connectivity index (χ0) is 21.3. The molecular weight excluding hydrogens is 388 g/mol. The second kappa shape index (κ2) is 7.48. The van der Waals surface area contributed by atoms with Crippen molar-refractivity contribution in [1.29, 1.82) is 0 Å². The van der Waals surface area contributed by atoms with Gasteiger partial charge in [-0.3, -0.25) is 0 Å². The molecule has 1 aromatic heterocycles. The highest BCUT2D eigenvalue weighted by Gasteiger charge is 2.38. The molecule has 2 rings (SSSR count). The highest BCUT2D eigenvalue weighted by Crippen LogP contribution is 2.37. The van der Waals surface area contributed by atoms with Crippen LogP contribution in [0.5, 0.6) is 5.88 Å². The van der Waals surface area contributed by atoms with Gasteiger partial charge in [0.2, 0.25) is 11.8 Å². The lowest BCUT2D eigenvalue weighted by Crippen LogP contribution is -2.23. The molecule has 1 heterocycles. The van der Waals surface area contributed by atoms with Gasteiger partial charge >= 0.3 is 12.4 Å². The van der Waals surface area contributed by atoms with Crippen molar-refractivity contribution in [2.75, 3.05) is 18.6 Å². The van der Waals surface area contributed by atoms with Gasteiger partial charge in [0.15, 0.2) is 6.61 Å². The van der Waals surface area contributed by atoms with E-state index in [2.05, 4.69) is 14.7 Å². The molecule has 0 bridgehead atoms. The molecule has 0 aliphatic heterocycles. The van der Waals surface area contributed by atoms with Crippen LogP contribution in [0.25, 0.3) is 0 Å². The number of aromatic nitrogens is 2. The van der Waals surface area contributed by atoms with E-state index in [9.17, 15) is 26.3 Å². The van der Waals surface area contributed by atoms with Crippen molar-refractivity contribution in [3.8, 4) is 5.88 Å². The monoisotopic (exact) mass is 407 g/mol. The zero-order valence-corrected chi connectivity index (χ0v) is 15.6. The highest BCUT2D eigenvalue weighted by molar-refractivity contribution is 5.58. The SMILES string of the molecule is CN(c1cccc(C(C)(C)C)c1)c1ncc(C(F)(F)F)c(OCC(F)(F)F)n1. The molecule has 0 amide bonds. The minimum Gasteiger partial charge on any atom is -0.467 e. The first-order valence-electron chi connectivity index (χ1n) is 8.16. The molecule has 0 atom stereocenters. The molecule has 0 unspecified atom stereocenters. The van der Waals surface area contributed by atoms with Gasteiger partial charge < -0.3 is 9.64 Å². The number of anilines is 2. The normalized spacial score (nSPS) is 12.8. The first-order valence-corrected chi connectivity index (χ1v) is 8.16. The van der Waals surface area contributed by atoms with Crippen LogP contribution in [0.4, 0.5) is 38.0 Å². The van der Waals surface area contributed by atoms with Crippen molar-refractivity contribution < 1.29 is 31.1 Å². The van der Waals surface area contributed by atoms with E-state index in [-0.39, 0.29) is 11.4 Å². The molecule has 10 heteroatoms. The molecule has 1 aromatic carbocycles. The minimum atomic E-state index is -4.95. The second-order valence-corrected chi connectivity index (χ2v) is 7.15. The summed E-state index contributed by atoms with van der Waals surface area (Å²) in [5, 5.41) is 0. The summed E-state index contributed by atoms with van der Waals surface area (Å²) in [7, 11) is 1.50. The van der Waals surface area contributed by atoms with Gasteiger partial charge in [-0.2, -0.15) is 31.3 Å². The van der Waals surface area contributed by atoms with E-state index in [1.54, 1.807) is 18.2 Å². The maximum absolute atomic E-state index is 13.1. The summed E-state index contributed by atoms with van der Waals surface area (Å²) in [5.41, 5.74) is -0.137. The van der Waals surface area contributed by atoms with Crippen LogP contribution in [0.15, 0.2) is 30.5 Å². The molecule has 0 saturated carbocycles. The first kappa shape index (κ1) is 21.8. The third-order valence-corrected chi connectivity index (χ3v) is 3.82. The molecular formula is C18H19F6N3O. The van der Waals surface area contributed by atoms with E-state index >= 15 is 0 Å². The van der Waals surface area contributed by atoms with Gasteiger partial charge in [-0.1, -0.05) is 32.9 Å². The lowest BCUT2D eigenvalue weighted by atomic mass is 9.87. The topological polar surface area (TPSA) is 38.2 Å². The summed E-state index contributed by atoms with van der Waals surface area (Å²) >= 11 is 0. The maximum Gasteiger partial charge on any atom is 0.423 e. The molecule has 4 nitrogen and oxygen atoms in total. The fraction of sp³-hybridized carbons (Fsp3) is 0.444. The van der Waals surface area contributed by atoms with E-state index in [0.717, 1.165) is 5.56 Å². The molecule has 0 spiro atoms. The summed E-state index contributed by atoms with van der Waals surface area (Å²) in [6.45, 7) is 4.08. The van der Waals surface area contributed by atoms with Gasteiger partial charge in [-0.05, 0) is 23.1 Å². The molecule has 154 valence electrons. The summed E-state index contributed by atoms with van der Waals surface area (Å²) in [4.78, 5) is 8.61. The lowest BCUT2D eigenvalue weighted by molar-refractivity contribution is -0.159. The quantitative estimate of drug-likeness (QED) is 0.627. The van der Waals surface area contributed by atoms with E-state index in [0.29, 0.717) is 11.9 Å². The average Bonchev–Trinajstić information content (AvgIpc) is 2.57. The number of hydrogen-bond acceptors (Lipinski definition) is 4. The van der Waals surface area contributed by atoms with E-state index in [4.69, 9.17) is 0 Å². The Kier molecular flexibility index (Phi) is 5.82. The number of ether oxygens (including phenoxy) is 1. The first-order chi connectivity index (χ1) is 12.7. The molecule has 0 radical (unpaired) electrons. The van der Waals surface area contributed by atoms with Crippen molar-refractivity contribution in [3.05, 3.63) is 41.6 Å². The van der Waals surface area contributed by atoms with Crippen molar-refractivity contribution in [2.45, 2.75) is 38.5 Å². The van der Waals surface area contributed by atoms with Crippen LogP contribution in [-0.4, -0.2) is 29.8 Å². The van der Waals surface area contributed by atoms with Crippen LogP contribution >= 0.6 is 0 Å². The summed E-state index contributed by atoms with van der Waals surface area (Å²) in [6, 6.07) is 7.14. The molecule has 0 aliphatic carbocycles. The van der Waals surface area contributed by atoms with Crippen LogP contribution in [0.1, 0.15) is 31.9 Å². The second-order valence-electron chi connectivity index (χ2n) is 7.15. The summed E-state index contributed by atoms with van der Waals surface area (Å²) < 4.78 is 80.6. The van der Waals surface area contributed by atoms with Gasteiger partial charge in [0, 0.05) is 18.9 Å². The van der Waals surface area contributed by atoms with Crippen LogP contribution < -0.4 is 9.64 Å². The maximum atomic E-state index is 13.1. The molecule has 2 aromatic rings. The minimum absolute atomic E-state index is 0.182. The van der Waals surface area contributed by atoms with E-state index in [1.807, 2.05) is 26.8 Å². The molecule has 0 fully saturated rings. The summed E-state index contributed by atoms with van der Waals surface area (Å²) in [6.07, 6.45) is -9.34. The Labute approximate surface area is 158 Å². The van der Waals surface area contributed by atoms with Crippen molar-refractivity contribution in [1.82, 2.24) is 9.97 Å². The van der Waals surface area contributed by atoms with Gasteiger partial charge in [0.25, 0.3) is 0 Å². The predicted molar refractivity (Wildman–Crippen MR) is 91.8 cm³/mol. The van der Waals surface area contributed by atoms with Crippen molar-refractivity contribution in [3.63, 3.8) is 0 Å². The average molecular weight is 407 g/mol. The third-order valence-electron chi connectivity index (χ3n) is 3.82. The number of benzene rings is 1. The number of rotatable bonds is 4. The Morgan fingerprint density at radius 2 is 1.68 bits per heavy atom. The van der Waals surface area contributed by atoms with Gasteiger partial charge in [-0.25, -0.2) is 4.98 Å². The van der Waals surface area contributed by atoms with Crippen LogP contribution in [0.2, 0.25) is 0 Å². The number of nitrogens with zero attached hydrogens (tertiary/aromatic N) is 3.